The average Bonchev–Trinajstić information content (AvgIpc) is 2.77. The lowest BCUT2D eigenvalue weighted by Crippen LogP contribution is -2.23. The summed E-state index contributed by atoms with van der Waals surface area (Å²) >= 11 is 0. The van der Waals surface area contributed by atoms with E-state index < -0.39 is 18.0 Å². The predicted octanol–water partition coefficient (Wildman–Crippen LogP) is 2.02. The summed E-state index contributed by atoms with van der Waals surface area (Å²) in [6.07, 6.45) is 1.21. The number of esters is 2. The SMILES string of the molecule is CC1CC(OC(=O)Cc2cccc3cccnc23)C(=O)O1. The molecule has 0 bridgehead atoms. The van der Waals surface area contributed by atoms with E-state index in [1.165, 1.54) is 0 Å². The molecule has 21 heavy (non-hydrogen) atoms. The summed E-state index contributed by atoms with van der Waals surface area (Å²) < 4.78 is 10.2. The predicted molar refractivity (Wildman–Crippen MR) is 75.5 cm³/mol. The quantitative estimate of drug-likeness (QED) is 0.807. The molecule has 1 saturated heterocycles. The van der Waals surface area contributed by atoms with Crippen molar-refractivity contribution in [1.29, 1.82) is 0 Å². The molecule has 0 saturated carbocycles. The smallest absolute Gasteiger partial charge is 0.347 e. The minimum Gasteiger partial charge on any atom is -0.460 e. The number of carbonyl (C=O) groups is 2. The minimum absolute atomic E-state index is 0.0898. The molecule has 0 spiro atoms. The average molecular weight is 285 g/mol. The number of benzene rings is 1. The Morgan fingerprint density at radius 3 is 2.95 bits per heavy atom. The topological polar surface area (TPSA) is 65.5 Å². The highest BCUT2D eigenvalue weighted by atomic mass is 16.6. The Hall–Kier alpha value is -2.43. The van der Waals surface area contributed by atoms with Crippen molar-refractivity contribution in [3.8, 4) is 0 Å². The molecular formula is C16H15NO4. The third-order valence-electron chi connectivity index (χ3n) is 3.45. The molecule has 5 heteroatoms. The van der Waals surface area contributed by atoms with Gasteiger partial charge in [-0.1, -0.05) is 24.3 Å². The number of para-hydroxylation sites is 1. The summed E-state index contributed by atoms with van der Waals surface area (Å²) in [7, 11) is 0. The number of cyclic esters (lactones) is 1. The van der Waals surface area contributed by atoms with E-state index in [9.17, 15) is 9.59 Å². The molecule has 1 aromatic carbocycles. The van der Waals surface area contributed by atoms with Crippen LogP contribution in [0.15, 0.2) is 36.5 Å². The van der Waals surface area contributed by atoms with Gasteiger partial charge in [-0.05, 0) is 18.6 Å². The fourth-order valence-corrected chi connectivity index (χ4v) is 2.48. The number of hydrogen-bond donors (Lipinski definition) is 0. The molecule has 2 atom stereocenters. The van der Waals surface area contributed by atoms with Crippen LogP contribution in [0.2, 0.25) is 0 Å². The first-order chi connectivity index (χ1) is 10.1. The lowest BCUT2D eigenvalue weighted by atomic mass is 10.1. The number of ether oxygens (including phenoxy) is 2. The molecule has 3 rings (SSSR count). The van der Waals surface area contributed by atoms with E-state index in [1.54, 1.807) is 13.1 Å². The largest absolute Gasteiger partial charge is 0.460 e. The summed E-state index contributed by atoms with van der Waals surface area (Å²) in [5.41, 5.74) is 1.57. The van der Waals surface area contributed by atoms with Crippen molar-refractivity contribution in [3.63, 3.8) is 0 Å². The van der Waals surface area contributed by atoms with Crippen LogP contribution in [-0.2, 0) is 25.5 Å². The standard InChI is InChI=1S/C16H15NO4/c1-10-8-13(16(19)20-10)21-14(18)9-12-5-2-4-11-6-3-7-17-15(11)12/h2-7,10,13H,8-9H2,1H3. The summed E-state index contributed by atoms with van der Waals surface area (Å²) in [6, 6.07) is 9.44. The van der Waals surface area contributed by atoms with Crippen molar-refractivity contribution >= 4 is 22.8 Å². The Labute approximate surface area is 121 Å². The molecule has 0 aliphatic carbocycles. The van der Waals surface area contributed by atoms with E-state index in [-0.39, 0.29) is 12.5 Å². The molecule has 1 aliphatic heterocycles. The normalized spacial score (nSPS) is 21.3. The van der Waals surface area contributed by atoms with Crippen molar-refractivity contribution in [2.24, 2.45) is 0 Å². The van der Waals surface area contributed by atoms with E-state index in [2.05, 4.69) is 4.98 Å². The molecular weight excluding hydrogens is 270 g/mol. The first kappa shape index (κ1) is 13.5. The van der Waals surface area contributed by atoms with Gasteiger partial charge < -0.3 is 9.47 Å². The molecule has 0 amide bonds. The van der Waals surface area contributed by atoms with E-state index in [4.69, 9.17) is 9.47 Å². The number of fused-ring (bicyclic) bond motifs is 1. The second-order valence-corrected chi connectivity index (χ2v) is 5.13. The van der Waals surface area contributed by atoms with Crippen LogP contribution in [0.3, 0.4) is 0 Å². The first-order valence-corrected chi connectivity index (χ1v) is 6.86. The van der Waals surface area contributed by atoms with Gasteiger partial charge in [0, 0.05) is 18.0 Å². The first-order valence-electron chi connectivity index (χ1n) is 6.86. The molecule has 0 radical (unpaired) electrons. The number of nitrogens with zero attached hydrogens (tertiary/aromatic N) is 1. The third kappa shape index (κ3) is 2.86. The Balaban J connectivity index is 1.73. The van der Waals surface area contributed by atoms with Crippen LogP contribution >= 0.6 is 0 Å². The summed E-state index contributed by atoms with van der Waals surface area (Å²) in [5.74, 6) is -0.906. The van der Waals surface area contributed by atoms with Crippen LogP contribution in [0.4, 0.5) is 0 Å². The van der Waals surface area contributed by atoms with Gasteiger partial charge in [0.1, 0.15) is 6.10 Å². The highest BCUT2D eigenvalue weighted by Gasteiger charge is 2.34. The Bertz CT molecular complexity index is 692. The van der Waals surface area contributed by atoms with E-state index in [1.807, 2.05) is 30.3 Å². The second kappa shape index (κ2) is 5.52. The molecule has 5 nitrogen and oxygen atoms in total. The molecule has 1 aliphatic rings. The maximum Gasteiger partial charge on any atom is 0.347 e. The Morgan fingerprint density at radius 1 is 1.38 bits per heavy atom. The van der Waals surface area contributed by atoms with E-state index >= 15 is 0 Å². The molecule has 0 N–H and O–H groups in total. The highest BCUT2D eigenvalue weighted by molar-refractivity contribution is 5.87. The molecule has 1 fully saturated rings. The van der Waals surface area contributed by atoms with Crippen LogP contribution in [0.25, 0.3) is 10.9 Å². The van der Waals surface area contributed by atoms with Crippen molar-refractivity contribution in [2.45, 2.75) is 32.0 Å². The van der Waals surface area contributed by atoms with Gasteiger partial charge in [-0.25, -0.2) is 4.79 Å². The van der Waals surface area contributed by atoms with Crippen LogP contribution in [0.1, 0.15) is 18.9 Å². The van der Waals surface area contributed by atoms with Gasteiger partial charge in [0.25, 0.3) is 0 Å². The van der Waals surface area contributed by atoms with Gasteiger partial charge in [0.05, 0.1) is 11.9 Å². The van der Waals surface area contributed by atoms with Gasteiger partial charge in [0.15, 0.2) is 0 Å². The van der Waals surface area contributed by atoms with Crippen LogP contribution < -0.4 is 0 Å². The summed E-state index contributed by atoms with van der Waals surface area (Å²) in [6.45, 7) is 1.78. The van der Waals surface area contributed by atoms with Crippen molar-refractivity contribution in [2.75, 3.05) is 0 Å². The summed E-state index contributed by atoms with van der Waals surface area (Å²) in [4.78, 5) is 27.8. The fraction of sp³-hybridized carbons (Fsp3) is 0.312. The fourth-order valence-electron chi connectivity index (χ4n) is 2.48. The number of aromatic nitrogens is 1. The zero-order valence-electron chi connectivity index (χ0n) is 11.6. The Kier molecular flexibility index (Phi) is 3.56. The van der Waals surface area contributed by atoms with E-state index in [0.29, 0.717) is 6.42 Å². The van der Waals surface area contributed by atoms with Crippen LogP contribution in [-0.4, -0.2) is 29.1 Å². The number of pyridine rings is 1. The van der Waals surface area contributed by atoms with Gasteiger partial charge in [-0.15, -0.1) is 0 Å². The zero-order chi connectivity index (χ0) is 14.8. The van der Waals surface area contributed by atoms with Gasteiger partial charge >= 0.3 is 11.9 Å². The third-order valence-corrected chi connectivity index (χ3v) is 3.45. The van der Waals surface area contributed by atoms with Crippen molar-refractivity contribution in [1.82, 2.24) is 4.98 Å². The number of carbonyl (C=O) groups excluding carboxylic acids is 2. The maximum atomic E-state index is 12.0. The molecule has 108 valence electrons. The Morgan fingerprint density at radius 2 is 2.19 bits per heavy atom. The van der Waals surface area contributed by atoms with Gasteiger partial charge in [-0.2, -0.15) is 0 Å². The lowest BCUT2D eigenvalue weighted by molar-refractivity contribution is -0.160. The van der Waals surface area contributed by atoms with Crippen molar-refractivity contribution < 1.29 is 19.1 Å². The van der Waals surface area contributed by atoms with Crippen molar-refractivity contribution in [3.05, 3.63) is 42.1 Å². The maximum absolute atomic E-state index is 12.0. The molecule has 1 aromatic heterocycles. The number of rotatable bonds is 3. The van der Waals surface area contributed by atoms with Crippen LogP contribution in [0, 0.1) is 0 Å². The highest BCUT2D eigenvalue weighted by Crippen LogP contribution is 2.20. The van der Waals surface area contributed by atoms with E-state index in [0.717, 1.165) is 16.5 Å². The molecule has 2 aromatic rings. The minimum atomic E-state index is -0.782. The molecule has 2 heterocycles. The van der Waals surface area contributed by atoms with Gasteiger partial charge in [-0.3, -0.25) is 9.78 Å². The summed E-state index contributed by atoms with van der Waals surface area (Å²) in [5, 5.41) is 0.969. The number of hydrogen-bond acceptors (Lipinski definition) is 5. The second-order valence-electron chi connectivity index (χ2n) is 5.13. The lowest BCUT2D eigenvalue weighted by Gasteiger charge is -2.09. The van der Waals surface area contributed by atoms with Gasteiger partial charge in [0.2, 0.25) is 6.10 Å². The monoisotopic (exact) mass is 285 g/mol. The zero-order valence-corrected chi connectivity index (χ0v) is 11.6. The molecule has 2 unspecified atom stereocenters. The van der Waals surface area contributed by atoms with Crippen LogP contribution in [0.5, 0.6) is 0 Å².